The molecule has 0 saturated heterocycles. The van der Waals surface area contributed by atoms with E-state index in [1.165, 1.54) is 4.90 Å². The monoisotopic (exact) mass is 583 g/mol. The van der Waals surface area contributed by atoms with Crippen LogP contribution in [-0.4, -0.2) is 148 Å². The molecule has 0 fully saturated rings. The minimum absolute atomic E-state index is 0.254. The molecule has 238 valence electrons. The van der Waals surface area contributed by atoms with Crippen molar-refractivity contribution in [3.63, 3.8) is 0 Å². The van der Waals surface area contributed by atoms with Gasteiger partial charge in [-0.3, -0.25) is 4.79 Å². The van der Waals surface area contributed by atoms with Gasteiger partial charge < -0.3 is 52.3 Å². The van der Waals surface area contributed by atoms with Crippen molar-refractivity contribution in [1.82, 2.24) is 4.90 Å². The fourth-order valence-corrected chi connectivity index (χ4v) is 2.66. The Morgan fingerprint density at radius 2 is 0.875 bits per heavy atom. The molecule has 0 aliphatic carbocycles. The highest BCUT2D eigenvalue weighted by molar-refractivity contribution is 5.69. The maximum absolute atomic E-state index is 11.8. The summed E-state index contributed by atoms with van der Waals surface area (Å²) < 4.78 is 53.4. The molecule has 0 aromatic heterocycles. The molecule has 13 nitrogen and oxygen atoms in total. The van der Waals surface area contributed by atoms with Crippen molar-refractivity contribution in [2.24, 2.45) is 0 Å². The van der Waals surface area contributed by atoms with Gasteiger partial charge in [0.25, 0.3) is 0 Å². The maximum Gasteiger partial charge on any atom is 0.410 e. The Bertz CT molecular complexity index is 588. The van der Waals surface area contributed by atoms with Crippen LogP contribution in [0.2, 0.25) is 0 Å². The van der Waals surface area contributed by atoms with Crippen LogP contribution < -0.4 is 0 Å². The molecule has 0 saturated carbocycles. The van der Waals surface area contributed by atoms with E-state index in [1.807, 2.05) is 20.8 Å². The van der Waals surface area contributed by atoms with Gasteiger partial charge in [-0.25, -0.2) is 4.79 Å². The van der Waals surface area contributed by atoms with E-state index >= 15 is 0 Å². The highest BCUT2D eigenvalue weighted by Crippen LogP contribution is 2.08. The van der Waals surface area contributed by atoms with Crippen molar-refractivity contribution in [3.8, 4) is 0 Å². The number of nitrogens with zero attached hydrogens (tertiary/aromatic N) is 1. The maximum atomic E-state index is 11.8. The van der Waals surface area contributed by atoms with E-state index in [1.54, 1.807) is 14.0 Å². The molecule has 0 aromatic rings. The molecule has 0 aliphatic heterocycles. The van der Waals surface area contributed by atoms with Crippen molar-refractivity contribution < 1.29 is 57.0 Å². The molecule has 0 heterocycles. The lowest BCUT2D eigenvalue weighted by Gasteiger charge is -2.24. The summed E-state index contributed by atoms with van der Waals surface area (Å²) in [4.78, 5) is 24.4. The average Bonchev–Trinajstić information content (AvgIpc) is 2.89. The molecule has 0 spiro atoms. The summed E-state index contributed by atoms with van der Waals surface area (Å²) in [5.41, 5.74) is -0.510. The van der Waals surface area contributed by atoms with Gasteiger partial charge in [-0.2, -0.15) is 0 Å². The Hall–Kier alpha value is -1.58. The van der Waals surface area contributed by atoms with Crippen molar-refractivity contribution in [2.75, 3.05) is 126 Å². The predicted octanol–water partition coefficient (Wildman–Crippen LogP) is 1.94. The van der Waals surface area contributed by atoms with Crippen LogP contribution in [0.4, 0.5) is 4.79 Å². The molecule has 0 radical (unpaired) electrons. The summed E-state index contributed by atoms with van der Waals surface area (Å²) in [7, 11) is 1.68. The Kier molecular flexibility index (Phi) is 26.5. The van der Waals surface area contributed by atoms with Gasteiger partial charge in [-0.05, 0) is 27.7 Å². The Morgan fingerprint density at radius 3 is 1.20 bits per heavy atom. The van der Waals surface area contributed by atoms with Crippen LogP contribution in [0.5, 0.6) is 0 Å². The Labute approximate surface area is 239 Å². The number of likely N-dealkylation sites (N-methyl/N-ethyl adjacent to an activating group) is 1. The summed E-state index contributed by atoms with van der Waals surface area (Å²) >= 11 is 0. The molecular weight excluding hydrogens is 530 g/mol. The first kappa shape index (κ1) is 38.4. The van der Waals surface area contributed by atoms with E-state index < -0.39 is 5.60 Å². The van der Waals surface area contributed by atoms with Crippen LogP contribution in [0.3, 0.4) is 0 Å². The molecule has 0 rings (SSSR count). The number of ether oxygens (including phenoxy) is 10. The SMILES string of the molecule is CCOC(=O)CCOCCOCCOCCOCCOCCOCCOCCOCCN(C)C(=O)OC(C)(C)C. The lowest BCUT2D eigenvalue weighted by molar-refractivity contribution is -0.144. The topological polar surface area (TPSA) is 130 Å². The van der Waals surface area contributed by atoms with Gasteiger partial charge in [-0.15, -0.1) is 0 Å². The van der Waals surface area contributed by atoms with E-state index in [9.17, 15) is 9.59 Å². The molecule has 0 aliphatic rings. The van der Waals surface area contributed by atoms with Gasteiger partial charge >= 0.3 is 12.1 Å². The lowest BCUT2D eigenvalue weighted by atomic mass is 10.2. The highest BCUT2D eigenvalue weighted by atomic mass is 16.6. The Balaban J connectivity index is 3.19. The molecule has 13 heteroatoms. The molecule has 40 heavy (non-hydrogen) atoms. The first-order valence-corrected chi connectivity index (χ1v) is 14.0. The third-order valence-corrected chi connectivity index (χ3v) is 4.64. The van der Waals surface area contributed by atoms with E-state index in [2.05, 4.69) is 0 Å². The van der Waals surface area contributed by atoms with Gasteiger partial charge in [0.1, 0.15) is 5.60 Å². The summed E-state index contributed by atoms with van der Waals surface area (Å²) in [5, 5.41) is 0. The summed E-state index contributed by atoms with van der Waals surface area (Å²) in [6, 6.07) is 0. The van der Waals surface area contributed by atoms with Gasteiger partial charge in [0.05, 0.1) is 119 Å². The summed E-state index contributed by atoms with van der Waals surface area (Å²) in [6.07, 6.45) is -0.113. The summed E-state index contributed by atoms with van der Waals surface area (Å²) in [5.74, 6) is -0.254. The van der Waals surface area contributed by atoms with Crippen LogP contribution in [0, 0.1) is 0 Å². The van der Waals surface area contributed by atoms with Crippen LogP contribution in [0.1, 0.15) is 34.1 Å². The zero-order chi connectivity index (χ0) is 29.7. The Morgan fingerprint density at radius 1 is 0.550 bits per heavy atom. The quantitative estimate of drug-likeness (QED) is 0.0986. The fraction of sp³-hybridized carbons (Fsp3) is 0.926. The van der Waals surface area contributed by atoms with Gasteiger partial charge in [0.2, 0.25) is 0 Å². The number of carbonyl (C=O) groups is 2. The second-order valence-corrected chi connectivity index (χ2v) is 9.36. The van der Waals surface area contributed by atoms with Crippen molar-refractivity contribution >= 4 is 12.1 Å². The second kappa shape index (κ2) is 27.6. The standard InChI is InChI=1S/C27H53NO12/c1-6-39-25(29)7-9-31-11-13-33-15-17-35-19-21-37-23-24-38-22-20-36-18-16-34-14-12-32-10-8-28(5)26(30)40-27(2,3)4/h6-24H2,1-5H3. The molecule has 0 unspecified atom stereocenters. The largest absolute Gasteiger partial charge is 0.466 e. The fourth-order valence-electron chi connectivity index (χ4n) is 2.66. The van der Waals surface area contributed by atoms with Gasteiger partial charge in [0.15, 0.2) is 0 Å². The van der Waals surface area contributed by atoms with Crippen LogP contribution >= 0.6 is 0 Å². The highest BCUT2D eigenvalue weighted by Gasteiger charge is 2.19. The van der Waals surface area contributed by atoms with E-state index in [4.69, 9.17) is 47.4 Å². The smallest absolute Gasteiger partial charge is 0.410 e. The molecule has 0 bridgehead atoms. The van der Waals surface area contributed by atoms with E-state index in [-0.39, 0.29) is 18.5 Å². The second-order valence-electron chi connectivity index (χ2n) is 9.36. The number of hydrogen-bond donors (Lipinski definition) is 0. The molecule has 0 atom stereocenters. The van der Waals surface area contributed by atoms with Crippen LogP contribution in [0.25, 0.3) is 0 Å². The number of esters is 1. The van der Waals surface area contributed by atoms with Gasteiger partial charge in [-0.1, -0.05) is 0 Å². The average molecular weight is 584 g/mol. The molecule has 1 amide bonds. The number of hydrogen-bond acceptors (Lipinski definition) is 12. The number of carbonyl (C=O) groups excluding carboxylic acids is 2. The minimum Gasteiger partial charge on any atom is -0.466 e. The van der Waals surface area contributed by atoms with Crippen LogP contribution in [0.15, 0.2) is 0 Å². The minimum atomic E-state index is -0.510. The molecule has 0 aromatic carbocycles. The van der Waals surface area contributed by atoms with Crippen molar-refractivity contribution in [3.05, 3.63) is 0 Å². The normalized spacial score (nSPS) is 11.5. The number of rotatable bonds is 28. The van der Waals surface area contributed by atoms with E-state index in [0.717, 1.165) is 0 Å². The molecule has 0 N–H and O–H groups in total. The zero-order valence-electron chi connectivity index (χ0n) is 25.3. The first-order chi connectivity index (χ1) is 19.3. The number of amides is 1. The third-order valence-electron chi connectivity index (χ3n) is 4.64. The van der Waals surface area contributed by atoms with Crippen molar-refractivity contribution in [2.45, 2.75) is 39.7 Å². The first-order valence-electron chi connectivity index (χ1n) is 14.0. The zero-order valence-corrected chi connectivity index (χ0v) is 25.3. The van der Waals surface area contributed by atoms with Crippen LogP contribution in [-0.2, 0) is 52.2 Å². The lowest BCUT2D eigenvalue weighted by Crippen LogP contribution is -2.36. The summed E-state index contributed by atoms with van der Waals surface area (Å²) in [6.45, 7) is 15.4. The van der Waals surface area contributed by atoms with Gasteiger partial charge in [0, 0.05) is 13.6 Å². The van der Waals surface area contributed by atoms with Crippen molar-refractivity contribution in [1.29, 1.82) is 0 Å². The molecular formula is C27H53NO12. The van der Waals surface area contributed by atoms with E-state index in [0.29, 0.717) is 119 Å². The third kappa shape index (κ3) is 29.4. The predicted molar refractivity (Wildman–Crippen MR) is 147 cm³/mol.